The van der Waals surface area contributed by atoms with Crippen molar-refractivity contribution in [3.8, 4) is 12.1 Å². The maximum absolute atomic E-state index is 8.42. The molecule has 4 nitrogen and oxygen atoms in total. The molecule has 0 bridgehead atoms. The number of halogens is 1. The normalized spacial score (nSPS) is 8.21. The maximum Gasteiger partial charge on any atom is 0.237 e. The average Bonchev–Trinajstić information content (AvgIpc) is 2.22. The molecule has 0 saturated heterocycles. The summed E-state index contributed by atoms with van der Waals surface area (Å²) in [6.07, 6.45) is 0. The molecule has 0 aliphatic heterocycles. The first-order valence-corrected chi connectivity index (χ1v) is 4.45. The molecule has 0 fully saturated rings. The van der Waals surface area contributed by atoms with Crippen molar-refractivity contribution in [3.63, 3.8) is 0 Å². The highest BCUT2D eigenvalue weighted by Gasteiger charge is 1.97. The summed E-state index contributed by atoms with van der Waals surface area (Å²) in [4.78, 5) is 0. The molecule has 1 rings (SSSR count). The van der Waals surface area contributed by atoms with E-state index in [-0.39, 0.29) is 5.71 Å². The largest absolute Gasteiger partial charge is 0.275 e. The Morgan fingerprint density at radius 2 is 1.93 bits per heavy atom. The van der Waals surface area contributed by atoms with Gasteiger partial charge in [-0.15, -0.1) is 0 Å². The minimum atomic E-state index is -0.208. The second-order valence-corrected chi connectivity index (χ2v) is 3.13. The van der Waals surface area contributed by atoms with Crippen LogP contribution in [0.5, 0.6) is 0 Å². The van der Waals surface area contributed by atoms with Crippen LogP contribution in [0.25, 0.3) is 0 Å². The fourth-order valence-corrected chi connectivity index (χ4v) is 1.12. The van der Waals surface area contributed by atoms with E-state index in [4.69, 9.17) is 10.5 Å². The number of hydrogen-bond donors (Lipinski definition) is 1. The molecule has 1 aromatic rings. The predicted octanol–water partition coefficient (Wildman–Crippen LogP) is 2.26. The monoisotopic (exact) mass is 248 g/mol. The lowest BCUT2D eigenvalue weighted by atomic mass is 10.3. The minimum absolute atomic E-state index is 0.208. The zero-order valence-electron chi connectivity index (χ0n) is 7.03. The van der Waals surface area contributed by atoms with Crippen LogP contribution in [-0.4, -0.2) is 5.71 Å². The van der Waals surface area contributed by atoms with Gasteiger partial charge in [-0.3, -0.25) is 5.43 Å². The summed E-state index contributed by atoms with van der Waals surface area (Å²) in [6, 6.07) is 10.6. The Morgan fingerprint density at radius 3 is 2.50 bits per heavy atom. The molecule has 0 amide bonds. The smallest absolute Gasteiger partial charge is 0.237 e. The van der Waals surface area contributed by atoms with Crippen LogP contribution < -0.4 is 5.43 Å². The summed E-state index contributed by atoms with van der Waals surface area (Å²) in [6.45, 7) is 0. The van der Waals surface area contributed by atoms with Crippen LogP contribution >= 0.6 is 15.9 Å². The third kappa shape index (κ3) is 2.58. The van der Waals surface area contributed by atoms with E-state index in [1.165, 1.54) is 0 Å². The van der Waals surface area contributed by atoms with Gasteiger partial charge in [0.25, 0.3) is 0 Å². The molecule has 68 valence electrons. The number of benzene rings is 1. The third-order valence-corrected chi connectivity index (χ3v) is 2.07. The lowest BCUT2D eigenvalue weighted by molar-refractivity contribution is 1.33. The molecular weight excluding hydrogens is 244 g/mol. The van der Waals surface area contributed by atoms with Gasteiger partial charge in [0.2, 0.25) is 5.71 Å². The van der Waals surface area contributed by atoms with Crippen molar-refractivity contribution < 1.29 is 0 Å². The van der Waals surface area contributed by atoms with E-state index < -0.39 is 0 Å². The highest BCUT2D eigenvalue weighted by atomic mass is 79.9. The van der Waals surface area contributed by atoms with E-state index in [0.717, 1.165) is 4.47 Å². The fourth-order valence-electron chi connectivity index (χ4n) is 0.743. The maximum atomic E-state index is 8.42. The molecule has 5 heteroatoms. The molecule has 1 N–H and O–H groups in total. The Morgan fingerprint density at radius 1 is 1.29 bits per heavy atom. The predicted molar refractivity (Wildman–Crippen MR) is 56.4 cm³/mol. The number of nitriles is 2. The van der Waals surface area contributed by atoms with Crippen molar-refractivity contribution in [1.82, 2.24) is 0 Å². The number of para-hydroxylation sites is 1. The molecule has 0 atom stereocenters. The van der Waals surface area contributed by atoms with E-state index in [9.17, 15) is 0 Å². The molecule has 1 aromatic carbocycles. The summed E-state index contributed by atoms with van der Waals surface area (Å²) >= 11 is 3.29. The van der Waals surface area contributed by atoms with Crippen molar-refractivity contribution in [2.24, 2.45) is 5.10 Å². The second-order valence-electron chi connectivity index (χ2n) is 2.28. The Hall–Kier alpha value is -1.85. The Labute approximate surface area is 89.6 Å². The SMILES string of the molecule is N#CC(C#N)=NNc1ccccc1Br. The molecule has 0 unspecified atom stereocenters. The van der Waals surface area contributed by atoms with Gasteiger partial charge >= 0.3 is 0 Å². The van der Waals surface area contributed by atoms with E-state index in [0.29, 0.717) is 5.69 Å². The number of rotatable bonds is 2. The second kappa shape index (κ2) is 5.00. The van der Waals surface area contributed by atoms with Gasteiger partial charge in [0, 0.05) is 4.47 Å². The van der Waals surface area contributed by atoms with Crippen molar-refractivity contribution >= 4 is 27.3 Å². The van der Waals surface area contributed by atoms with Crippen LogP contribution in [0.3, 0.4) is 0 Å². The van der Waals surface area contributed by atoms with Crippen LogP contribution in [0.1, 0.15) is 0 Å². The summed E-state index contributed by atoms with van der Waals surface area (Å²) in [7, 11) is 0. The van der Waals surface area contributed by atoms with E-state index in [2.05, 4.69) is 26.5 Å². The van der Waals surface area contributed by atoms with Crippen LogP contribution in [0, 0.1) is 22.7 Å². The Kier molecular flexibility index (Phi) is 3.66. The number of anilines is 1. The van der Waals surface area contributed by atoms with Gasteiger partial charge < -0.3 is 0 Å². The van der Waals surface area contributed by atoms with Gasteiger partial charge in [-0.25, -0.2) is 0 Å². The molecule has 0 heterocycles. The molecule has 0 aromatic heterocycles. The number of nitrogens with one attached hydrogen (secondary N) is 1. The molecule has 0 radical (unpaired) electrons. The molecule has 0 aliphatic carbocycles. The van der Waals surface area contributed by atoms with Crippen LogP contribution in [0.15, 0.2) is 33.8 Å². The third-order valence-electron chi connectivity index (χ3n) is 1.37. The van der Waals surface area contributed by atoms with Crippen molar-refractivity contribution in [3.05, 3.63) is 28.7 Å². The molecule has 14 heavy (non-hydrogen) atoms. The fraction of sp³-hybridized carbons (Fsp3) is 0. The van der Waals surface area contributed by atoms with Crippen molar-refractivity contribution in [1.29, 1.82) is 10.5 Å². The first-order valence-electron chi connectivity index (χ1n) is 3.66. The van der Waals surface area contributed by atoms with E-state index in [1.54, 1.807) is 18.2 Å². The van der Waals surface area contributed by atoms with Gasteiger partial charge in [0.05, 0.1) is 5.69 Å². The summed E-state index contributed by atoms with van der Waals surface area (Å²) in [5, 5.41) is 20.4. The lowest BCUT2D eigenvalue weighted by Crippen LogP contribution is -1.96. The summed E-state index contributed by atoms with van der Waals surface area (Å²) < 4.78 is 0.818. The molecule has 0 spiro atoms. The summed E-state index contributed by atoms with van der Waals surface area (Å²) in [5.74, 6) is 0. The standard InChI is InChI=1S/C9H5BrN4/c10-8-3-1-2-4-9(8)14-13-7(5-11)6-12/h1-4,14H. The Balaban J connectivity index is 2.83. The van der Waals surface area contributed by atoms with Crippen molar-refractivity contribution in [2.75, 3.05) is 5.43 Å². The first kappa shape index (κ1) is 10.2. The van der Waals surface area contributed by atoms with Crippen molar-refractivity contribution in [2.45, 2.75) is 0 Å². The lowest BCUT2D eigenvalue weighted by Gasteiger charge is -2.01. The van der Waals surface area contributed by atoms with Gasteiger partial charge in [-0.05, 0) is 28.1 Å². The quantitative estimate of drug-likeness (QED) is 0.645. The van der Waals surface area contributed by atoms with Gasteiger partial charge in [0.1, 0.15) is 12.1 Å². The molecule has 0 saturated carbocycles. The number of hydrogen-bond acceptors (Lipinski definition) is 4. The Bertz CT molecular complexity index is 423. The number of hydrazone groups is 1. The van der Waals surface area contributed by atoms with Crippen LogP contribution in [-0.2, 0) is 0 Å². The van der Waals surface area contributed by atoms with E-state index in [1.807, 2.05) is 18.2 Å². The molecule has 0 aliphatic rings. The average molecular weight is 249 g/mol. The highest BCUT2D eigenvalue weighted by Crippen LogP contribution is 2.20. The van der Waals surface area contributed by atoms with Crippen LogP contribution in [0.4, 0.5) is 5.69 Å². The topological polar surface area (TPSA) is 72.0 Å². The zero-order chi connectivity index (χ0) is 10.4. The molecular formula is C9H5BrN4. The highest BCUT2D eigenvalue weighted by molar-refractivity contribution is 9.10. The minimum Gasteiger partial charge on any atom is -0.275 e. The van der Waals surface area contributed by atoms with Gasteiger partial charge in [-0.1, -0.05) is 12.1 Å². The summed E-state index contributed by atoms with van der Waals surface area (Å²) in [5.41, 5.74) is 3.11. The van der Waals surface area contributed by atoms with Gasteiger partial charge in [0.15, 0.2) is 0 Å². The first-order chi connectivity index (χ1) is 6.77. The number of nitrogens with zero attached hydrogens (tertiary/aromatic N) is 3. The van der Waals surface area contributed by atoms with Gasteiger partial charge in [-0.2, -0.15) is 15.6 Å². The van der Waals surface area contributed by atoms with E-state index >= 15 is 0 Å². The van der Waals surface area contributed by atoms with Crippen LogP contribution in [0.2, 0.25) is 0 Å². The zero-order valence-corrected chi connectivity index (χ0v) is 8.62.